The largest absolute Gasteiger partial charge is 0.437 e. The first-order valence-corrected chi connectivity index (χ1v) is 8.30. The van der Waals surface area contributed by atoms with Crippen molar-refractivity contribution in [3.8, 4) is 10.8 Å². The van der Waals surface area contributed by atoms with Crippen molar-refractivity contribution in [2.24, 2.45) is 11.8 Å². The molecule has 7 heteroatoms. The first-order valence-electron chi connectivity index (χ1n) is 7.42. The molecule has 0 bridgehead atoms. The van der Waals surface area contributed by atoms with Crippen molar-refractivity contribution in [1.29, 1.82) is 0 Å². The van der Waals surface area contributed by atoms with Gasteiger partial charge in [0.25, 0.3) is 5.89 Å². The molecule has 1 aliphatic rings. The highest BCUT2D eigenvalue weighted by molar-refractivity contribution is 7.13. The average Bonchev–Trinajstić information content (AvgIpc) is 3.08. The van der Waals surface area contributed by atoms with Crippen LogP contribution in [-0.4, -0.2) is 33.7 Å². The zero-order valence-electron chi connectivity index (χ0n) is 12.7. The molecule has 2 atom stereocenters. The average molecular weight is 321 g/mol. The minimum absolute atomic E-state index is 0.0624. The first kappa shape index (κ1) is 15.0. The van der Waals surface area contributed by atoms with Crippen LogP contribution in [0.2, 0.25) is 0 Å². The molecule has 3 heterocycles. The molecule has 0 N–H and O–H groups in total. The van der Waals surface area contributed by atoms with Crippen molar-refractivity contribution >= 4 is 17.2 Å². The molecule has 1 amide bonds. The Balaban J connectivity index is 1.73. The molecular formula is C15H19N3O3S. The van der Waals surface area contributed by atoms with Crippen LogP contribution in [0.1, 0.15) is 20.3 Å². The summed E-state index contributed by atoms with van der Waals surface area (Å²) in [4.78, 5) is 26.8. The number of nitrogens with zero attached hydrogens (tertiary/aromatic N) is 3. The van der Waals surface area contributed by atoms with Crippen LogP contribution >= 0.6 is 11.3 Å². The second-order valence-electron chi connectivity index (χ2n) is 6.05. The lowest BCUT2D eigenvalue weighted by molar-refractivity contribution is -0.134. The number of hydrogen-bond acceptors (Lipinski definition) is 5. The molecule has 2 unspecified atom stereocenters. The number of amides is 1. The van der Waals surface area contributed by atoms with Gasteiger partial charge >= 0.3 is 5.76 Å². The maximum Gasteiger partial charge on any atom is 0.437 e. The second kappa shape index (κ2) is 6.08. The molecule has 22 heavy (non-hydrogen) atoms. The highest BCUT2D eigenvalue weighted by Crippen LogP contribution is 2.22. The first-order chi connectivity index (χ1) is 10.5. The van der Waals surface area contributed by atoms with E-state index in [9.17, 15) is 9.59 Å². The predicted molar refractivity (Wildman–Crippen MR) is 83.6 cm³/mol. The third-order valence-electron chi connectivity index (χ3n) is 3.84. The van der Waals surface area contributed by atoms with Gasteiger partial charge in [-0.1, -0.05) is 19.9 Å². The summed E-state index contributed by atoms with van der Waals surface area (Å²) in [6, 6.07) is 3.69. The lowest BCUT2D eigenvalue weighted by Crippen LogP contribution is -2.44. The Morgan fingerprint density at radius 1 is 1.41 bits per heavy atom. The standard InChI is InChI=1S/C15H19N3O3S/c1-10-6-11(2)8-17(7-10)13(19)9-18-15(20)21-14(16-18)12-4-3-5-22-12/h3-5,10-11H,6-9H2,1-2H3. The summed E-state index contributed by atoms with van der Waals surface area (Å²) in [6.45, 7) is 5.72. The van der Waals surface area contributed by atoms with Crippen molar-refractivity contribution in [2.45, 2.75) is 26.8 Å². The predicted octanol–water partition coefficient (Wildman–Crippen LogP) is 2.07. The maximum atomic E-state index is 12.4. The van der Waals surface area contributed by atoms with E-state index in [1.807, 2.05) is 22.4 Å². The number of carbonyl (C=O) groups is 1. The van der Waals surface area contributed by atoms with Gasteiger partial charge in [-0.15, -0.1) is 16.4 Å². The van der Waals surface area contributed by atoms with E-state index < -0.39 is 5.76 Å². The Morgan fingerprint density at radius 3 is 2.77 bits per heavy atom. The summed E-state index contributed by atoms with van der Waals surface area (Å²) in [5.74, 6) is 0.585. The van der Waals surface area contributed by atoms with Crippen LogP contribution in [0.25, 0.3) is 10.8 Å². The number of aromatic nitrogens is 2. The molecular weight excluding hydrogens is 302 g/mol. The third-order valence-corrected chi connectivity index (χ3v) is 4.70. The van der Waals surface area contributed by atoms with Crippen LogP contribution in [0.5, 0.6) is 0 Å². The van der Waals surface area contributed by atoms with Gasteiger partial charge in [0.05, 0.1) is 4.88 Å². The number of thiophene rings is 1. The summed E-state index contributed by atoms with van der Waals surface area (Å²) < 4.78 is 6.24. The summed E-state index contributed by atoms with van der Waals surface area (Å²) in [5.41, 5.74) is 0. The van der Waals surface area contributed by atoms with E-state index in [0.717, 1.165) is 29.1 Å². The molecule has 0 radical (unpaired) electrons. The molecule has 3 rings (SSSR count). The molecule has 2 aromatic heterocycles. The normalized spacial score (nSPS) is 22.0. The van der Waals surface area contributed by atoms with Crippen molar-refractivity contribution < 1.29 is 9.21 Å². The molecule has 0 saturated carbocycles. The van der Waals surface area contributed by atoms with E-state index in [1.54, 1.807) is 0 Å². The van der Waals surface area contributed by atoms with E-state index in [1.165, 1.54) is 11.3 Å². The van der Waals surface area contributed by atoms with E-state index in [-0.39, 0.29) is 18.3 Å². The fourth-order valence-corrected chi connectivity index (χ4v) is 3.64. The lowest BCUT2D eigenvalue weighted by Gasteiger charge is -2.34. The summed E-state index contributed by atoms with van der Waals surface area (Å²) in [7, 11) is 0. The molecule has 0 aromatic carbocycles. The highest BCUT2D eigenvalue weighted by atomic mass is 32.1. The van der Waals surface area contributed by atoms with Gasteiger partial charge in [-0.3, -0.25) is 4.79 Å². The minimum Gasteiger partial charge on any atom is -0.387 e. The van der Waals surface area contributed by atoms with Gasteiger partial charge in [-0.2, -0.15) is 4.68 Å². The van der Waals surface area contributed by atoms with Crippen LogP contribution in [-0.2, 0) is 11.3 Å². The Hall–Kier alpha value is -1.89. The SMILES string of the molecule is CC1CC(C)CN(C(=O)Cn2nc(-c3cccs3)oc2=O)C1. The maximum absolute atomic E-state index is 12.4. The number of likely N-dealkylation sites (tertiary alicyclic amines) is 1. The summed E-state index contributed by atoms with van der Waals surface area (Å²) in [6.07, 6.45) is 1.14. The Bertz CT molecular complexity index is 694. The lowest BCUT2D eigenvalue weighted by atomic mass is 9.92. The molecule has 0 spiro atoms. The Morgan fingerprint density at radius 2 is 2.14 bits per heavy atom. The second-order valence-corrected chi connectivity index (χ2v) is 7.00. The van der Waals surface area contributed by atoms with Gasteiger partial charge in [0.15, 0.2) is 0 Å². The number of hydrogen-bond donors (Lipinski definition) is 0. The Kier molecular flexibility index (Phi) is 4.15. The van der Waals surface area contributed by atoms with E-state index in [2.05, 4.69) is 18.9 Å². The van der Waals surface area contributed by atoms with Crippen molar-refractivity contribution in [1.82, 2.24) is 14.7 Å². The van der Waals surface area contributed by atoms with Crippen LogP contribution in [0.15, 0.2) is 26.7 Å². The van der Waals surface area contributed by atoms with Gasteiger partial charge in [0.2, 0.25) is 5.91 Å². The molecule has 6 nitrogen and oxygen atoms in total. The van der Waals surface area contributed by atoms with Gasteiger partial charge in [0, 0.05) is 13.1 Å². The minimum atomic E-state index is -0.588. The molecule has 0 aliphatic carbocycles. The van der Waals surface area contributed by atoms with E-state index >= 15 is 0 Å². The molecule has 2 aromatic rings. The molecule has 1 aliphatic heterocycles. The van der Waals surface area contributed by atoms with Crippen LogP contribution in [0.4, 0.5) is 0 Å². The fourth-order valence-electron chi connectivity index (χ4n) is 3.00. The number of rotatable bonds is 3. The van der Waals surface area contributed by atoms with E-state index in [0.29, 0.717) is 11.8 Å². The van der Waals surface area contributed by atoms with Crippen LogP contribution in [0, 0.1) is 11.8 Å². The fraction of sp³-hybridized carbons (Fsp3) is 0.533. The van der Waals surface area contributed by atoms with Crippen molar-refractivity contribution in [3.05, 3.63) is 28.1 Å². The zero-order chi connectivity index (χ0) is 15.7. The van der Waals surface area contributed by atoms with Crippen molar-refractivity contribution in [2.75, 3.05) is 13.1 Å². The van der Waals surface area contributed by atoms with Crippen LogP contribution < -0.4 is 5.76 Å². The smallest absolute Gasteiger partial charge is 0.387 e. The quantitative estimate of drug-likeness (QED) is 0.868. The van der Waals surface area contributed by atoms with Crippen molar-refractivity contribution in [3.63, 3.8) is 0 Å². The summed E-state index contributed by atoms with van der Waals surface area (Å²) >= 11 is 1.44. The van der Waals surface area contributed by atoms with Crippen LogP contribution in [0.3, 0.4) is 0 Å². The van der Waals surface area contributed by atoms with Gasteiger partial charge in [-0.25, -0.2) is 4.79 Å². The molecule has 1 saturated heterocycles. The topological polar surface area (TPSA) is 68.3 Å². The molecule has 118 valence electrons. The van der Waals surface area contributed by atoms with Gasteiger partial charge in [-0.05, 0) is 29.7 Å². The monoisotopic (exact) mass is 321 g/mol. The number of carbonyl (C=O) groups excluding carboxylic acids is 1. The van der Waals surface area contributed by atoms with E-state index in [4.69, 9.17) is 4.42 Å². The highest BCUT2D eigenvalue weighted by Gasteiger charge is 2.26. The summed E-state index contributed by atoms with van der Waals surface area (Å²) in [5, 5.41) is 6.01. The zero-order valence-corrected chi connectivity index (χ0v) is 13.5. The number of piperidine rings is 1. The third kappa shape index (κ3) is 3.14. The van der Waals surface area contributed by atoms with Gasteiger partial charge in [0.1, 0.15) is 6.54 Å². The Labute approximate surface area is 132 Å². The molecule has 1 fully saturated rings. The van der Waals surface area contributed by atoms with Gasteiger partial charge < -0.3 is 9.32 Å².